The van der Waals surface area contributed by atoms with Gasteiger partial charge in [0.2, 0.25) is 5.82 Å². The first-order valence-electron chi connectivity index (χ1n) is 6.23. The molecule has 2 aromatic rings. The van der Waals surface area contributed by atoms with Gasteiger partial charge in [0.25, 0.3) is 0 Å². The lowest BCUT2D eigenvalue weighted by Crippen LogP contribution is -2.27. The molecule has 1 saturated carbocycles. The third-order valence-corrected chi connectivity index (χ3v) is 3.75. The highest BCUT2D eigenvalue weighted by Crippen LogP contribution is 2.48. The van der Waals surface area contributed by atoms with Crippen molar-refractivity contribution in [3.63, 3.8) is 0 Å². The van der Waals surface area contributed by atoms with E-state index >= 15 is 0 Å². The van der Waals surface area contributed by atoms with Crippen molar-refractivity contribution in [2.24, 2.45) is 0 Å². The van der Waals surface area contributed by atoms with E-state index in [2.05, 4.69) is 4.98 Å². The van der Waals surface area contributed by atoms with Crippen LogP contribution in [0, 0.1) is 0 Å². The number of carboxylic acid groups (broad SMARTS) is 1. The van der Waals surface area contributed by atoms with Gasteiger partial charge in [0.15, 0.2) is 0 Å². The normalized spacial score (nSPS) is 17.1. The fraction of sp³-hybridized carbons (Fsp3) is 0.385. The van der Waals surface area contributed by atoms with E-state index in [1.807, 2.05) is 0 Å². The number of halogens is 3. The number of aliphatic hydroxyl groups excluding tert-OH is 1. The molecule has 2 N–H and O–H groups in total. The van der Waals surface area contributed by atoms with Crippen molar-refractivity contribution in [3.8, 4) is 0 Å². The van der Waals surface area contributed by atoms with E-state index in [1.54, 1.807) is 0 Å². The summed E-state index contributed by atoms with van der Waals surface area (Å²) in [4.78, 5) is 14.4. The van der Waals surface area contributed by atoms with Crippen molar-refractivity contribution in [1.29, 1.82) is 0 Å². The molecule has 3 rings (SSSR count). The summed E-state index contributed by atoms with van der Waals surface area (Å²) < 4.78 is 40.5. The Morgan fingerprint density at radius 2 is 2.05 bits per heavy atom. The molecule has 21 heavy (non-hydrogen) atoms. The summed E-state index contributed by atoms with van der Waals surface area (Å²) in [5, 5.41) is 18.3. The predicted molar refractivity (Wildman–Crippen MR) is 66.0 cm³/mol. The summed E-state index contributed by atoms with van der Waals surface area (Å²) in [6.45, 7) is -0.414. The monoisotopic (exact) mass is 300 g/mol. The van der Waals surface area contributed by atoms with Crippen molar-refractivity contribution in [2.75, 3.05) is 6.61 Å². The van der Waals surface area contributed by atoms with Crippen LogP contribution in [0.25, 0.3) is 11.0 Å². The zero-order valence-electron chi connectivity index (χ0n) is 10.7. The Labute approximate surface area is 116 Å². The third-order valence-electron chi connectivity index (χ3n) is 3.75. The number of hydrogen-bond acceptors (Lipinski definition) is 3. The van der Waals surface area contributed by atoms with Gasteiger partial charge in [-0.1, -0.05) is 0 Å². The van der Waals surface area contributed by atoms with Crippen molar-refractivity contribution < 1.29 is 28.2 Å². The fourth-order valence-corrected chi connectivity index (χ4v) is 2.48. The zero-order valence-corrected chi connectivity index (χ0v) is 10.7. The molecule has 0 spiro atoms. The number of aromatic nitrogens is 2. The van der Waals surface area contributed by atoms with Crippen LogP contribution >= 0.6 is 0 Å². The molecule has 1 aromatic heterocycles. The Kier molecular flexibility index (Phi) is 2.78. The summed E-state index contributed by atoms with van der Waals surface area (Å²) >= 11 is 0. The highest BCUT2D eigenvalue weighted by molar-refractivity contribution is 5.92. The van der Waals surface area contributed by atoms with Crippen LogP contribution in [-0.4, -0.2) is 32.3 Å². The number of imidazole rings is 1. The van der Waals surface area contributed by atoms with Crippen LogP contribution in [0.2, 0.25) is 0 Å². The average molecular weight is 300 g/mol. The smallest absolute Gasteiger partial charge is 0.449 e. The first-order chi connectivity index (χ1) is 9.78. The number of nitrogens with zero attached hydrogens (tertiary/aromatic N) is 2. The van der Waals surface area contributed by atoms with Crippen LogP contribution in [-0.2, 0) is 11.7 Å². The lowest BCUT2D eigenvalue weighted by molar-refractivity contribution is -0.148. The van der Waals surface area contributed by atoms with Crippen molar-refractivity contribution in [2.45, 2.75) is 24.6 Å². The molecule has 1 aliphatic carbocycles. The molecule has 0 bridgehead atoms. The van der Waals surface area contributed by atoms with Crippen molar-refractivity contribution in [1.82, 2.24) is 9.55 Å². The molecule has 1 heterocycles. The molecule has 0 aliphatic heterocycles. The summed E-state index contributed by atoms with van der Waals surface area (Å²) in [7, 11) is 0. The lowest BCUT2D eigenvalue weighted by atomic mass is 10.2. The standard InChI is InChI=1S/C13H11F3N2O3/c14-13(15,16)11-17-8-5-7(10(20)21)1-2-9(8)18(11)12(6-19)3-4-12/h1-2,5,19H,3-4,6H2,(H,20,21). The van der Waals surface area contributed by atoms with Crippen molar-refractivity contribution >= 4 is 17.0 Å². The summed E-state index contributed by atoms with van der Waals surface area (Å²) in [5.74, 6) is -2.34. The minimum absolute atomic E-state index is 0.0399. The van der Waals surface area contributed by atoms with Gasteiger partial charge in [-0.3, -0.25) is 0 Å². The van der Waals surface area contributed by atoms with Gasteiger partial charge in [0, 0.05) is 0 Å². The number of hydrogen-bond donors (Lipinski definition) is 2. The number of rotatable bonds is 3. The van der Waals surface area contributed by atoms with Gasteiger partial charge in [0.05, 0.1) is 28.7 Å². The Morgan fingerprint density at radius 3 is 2.52 bits per heavy atom. The highest BCUT2D eigenvalue weighted by Gasteiger charge is 2.50. The maximum absolute atomic E-state index is 13.2. The average Bonchev–Trinajstić information content (AvgIpc) is 3.10. The van der Waals surface area contributed by atoms with Gasteiger partial charge in [-0.25, -0.2) is 9.78 Å². The number of benzene rings is 1. The van der Waals surface area contributed by atoms with E-state index in [-0.39, 0.29) is 16.6 Å². The Morgan fingerprint density at radius 1 is 1.38 bits per heavy atom. The first-order valence-corrected chi connectivity index (χ1v) is 6.23. The van der Waals surface area contributed by atoms with E-state index in [0.717, 1.165) is 10.6 Å². The van der Waals surface area contributed by atoms with Gasteiger partial charge in [-0.05, 0) is 31.0 Å². The molecule has 0 amide bonds. The second kappa shape index (κ2) is 4.20. The quantitative estimate of drug-likeness (QED) is 0.911. The molecule has 0 saturated heterocycles. The predicted octanol–water partition coefficient (Wildman–Crippen LogP) is 2.23. The number of aromatic carboxylic acids is 1. The molecule has 0 unspecified atom stereocenters. The maximum atomic E-state index is 13.2. The summed E-state index contributed by atoms with van der Waals surface area (Å²) in [6, 6.07) is 3.64. The van der Waals surface area contributed by atoms with Crippen LogP contribution < -0.4 is 0 Å². The largest absolute Gasteiger partial charge is 0.478 e. The van der Waals surface area contributed by atoms with Crippen LogP contribution in [0.4, 0.5) is 13.2 Å². The third kappa shape index (κ3) is 2.06. The van der Waals surface area contributed by atoms with Gasteiger partial charge in [-0.15, -0.1) is 0 Å². The molecule has 0 radical (unpaired) electrons. The molecule has 1 aromatic carbocycles. The minimum atomic E-state index is -4.67. The number of carbonyl (C=O) groups is 1. The Balaban J connectivity index is 2.30. The second-order valence-electron chi connectivity index (χ2n) is 5.16. The Hall–Kier alpha value is -2.09. The number of carboxylic acids is 1. The van der Waals surface area contributed by atoms with Crippen LogP contribution in [0.15, 0.2) is 18.2 Å². The second-order valence-corrected chi connectivity index (χ2v) is 5.16. The molecule has 0 atom stereocenters. The van der Waals surface area contributed by atoms with Crippen LogP contribution in [0.5, 0.6) is 0 Å². The molecule has 5 nitrogen and oxygen atoms in total. The van der Waals surface area contributed by atoms with Gasteiger partial charge in [0.1, 0.15) is 0 Å². The fourth-order valence-electron chi connectivity index (χ4n) is 2.48. The van der Waals surface area contributed by atoms with E-state index < -0.39 is 30.1 Å². The SMILES string of the molecule is O=C(O)c1ccc2c(c1)nc(C(F)(F)F)n2C1(CO)CC1. The summed E-state index contributed by atoms with van der Waals surface area (Å²) in [5.41, 5.74) is -0.972. The Bertz CT molecular complexity index is 732. The molecular formula is C13H11F3N2O3. The number of fused-ring (bicyclic) bond motifs is 1. The first kappa shape index (κ1) is 13.9. The topological polar surface area (TPSA) is 75.3 Å². The molecular weight excluding hydrogens is 289 g/mol. The van der Waals surface area contributed by atoms with E-state index in [4.69, 9.17) is 5.11 Å². The minimum Gasteiger partial charge on any atom is -0.478 e. The van der Waals surface area contributed by atoms with E-state index in [0.29, 0.717) is 12.8 Å². The van der Waals surface area contributed by atoms with Crippen molar-refractivity contribution in [3.05, 3.63) is 29.6 Å². The molecule has 112 valence electrons. The van der Waals surface area contributed by atoms with Crippen LogP contribution in [0.1, 0.15) is 29.0 Å². The number of aliphatic hydroxyl groups is 1. The maximum Gasteiger partial charge on any atom is 0.449 e. The molecule has 1 aliphatic rings. The van der Waals surface area contributed by atoms with Crippen LogP contribution in [0.3, 0.4) is 0 Å². The van der Waals surface area contributed by atoms with E-state index in [1.165, 1.54) is 12.1 Å². The van der Waals surface area contributed by atoms with Gasteiger partial charge < -0.3 is 14.8 Å². The summed E-state index contributed by atoms with van der Waals surface area (Å²) in [6.07, 6.45) is -3.81. The van der Waals surface area contributed by atoms with Gasteiger partial charge >= 0.3 is 12.1 Å². The van der Waals surface area contributed by atoms with E-state index in [9.17, 15) is 23.1 Å². The highest BCUT2D eigenvalue weighted by atomic mass is 19.4. The van der Waals surface area contributed by atoms with Gasteiger partial charge in [-0.2, -0.15) is 13.2 Å². The molecule has 1 fully saturated rings. The molecule has 8 heteroatoms. The zero-order chi connectivity index (χ0) is 15.4. The lowest BCUT2D eigenvalue weighted by Gasteiger charge is -2.19. The number of alkyl halides is 3.